The van der Waals surface area contributed by atoms with Crippen LogP contribution in [0.1, 0.15) is 18.4 Å². The van der Waals surface area contributed by atoms with Crippen molar-refractivity contribution in [1.29, 1.82) is 0 Å². The maximum atomic E-state index is 13.5. The summed E-state index contributed by atoms with van der Waals surface area (Å²) in [6.07, 6.45) is -3.02. The molecule has 1 nitrogen and oxygen atoms in total. The Bertz CT molecular complexity index is 380. The van der Waals surface area contributed by atoms with Gasteiger partial charge in [0.25, 0.3) is 6.43 Å². The van der Waals surface area contributed by atoms with E-state index in [0.29, 0.717) is 12.7 Å². The Kier molecular flexibility index (Phi) is 5.04. The van der Waals surface area contributed by atoms with Gasteiger partial charge >= 0.3 is 0 Å². The average molecular weight is 288 g/mol. The second-order valence-corrected chi connectivity index (χ2v) is 9.12. The van der Waals surface area contributed by atoms with Crippen molar-refractivity contribution < 1.29 is 17.6 Å². The van der Waals surface area contributed by atoms with Crippen LogP contribution in [0.2, 0.25) is 12.1 Å². The number of alkyl halides is 3. The average Bonchev–Trinajstić information content (AvgIpc) is 2.40. The third-order valence-electron chi connectivity index (χ3n) is 3.64. The van der Waals surface area contributed by atoms with Gasteiger partial charge in [0, 0.05) is 12.7 Å². The fraction of sp³-hybridized carbons (Fsp3) is 0.571. The summed E-state index contributed by atoms with van der Waals surface area (Å²) in [4.78, 5) is 0. The smallest absolute Gasteiger partial charge is 0.269 e. The first-order chi connectivity index (χ1) is 9.11. The molecular formula is C14H19F3OSi. The van der Waals surface area contributed by atoms with Gasteiger partial charge < -0.3 is 4.43 Å². The highest BCUT2D eigenvalue weighted by Gasteiger charge is 2.41. The van der Waals surface area contributed by atoms with E-state index in [0.717, 1.165) is 24.4 Å². The van der Waals surface area contributed by atoms with E-state index in [4.69, 9.17) is 4.43 Å². The molecule has 2 atom stereocenters. The van der Waals surface area contributed by atoms with Gasteiger partial charge in [-0.15, -0.1) is 0 Å². The van der Waals surface area contributed by atoms with Crippen LogP contribution in [0, 0.1) is 0 Å². The topological polar surface area (TPSA) is 9.23 Å². The summed E-state index contributed by atoms with van der Waals surface area (Å²) >= 11 is 0. The van der Waals surface area contributed by atoms with Gasteiger partial charge in [-0.25, -0.2) is 13.2 Å². The lowest BCUT2D eigenvalue weighted by Gasteiger charge is -2.36. The van der Waals surface area contributed by atoms with Crippen LogP contribution in [0.25, 0.3) is 0 Å². The minimum absolute atomic E-state index is 0.0838. The highest BCUT2D eigenvalue weighted by atomic mass is 28.4. The van der Waals surface area contributed by atoms with Crippen molar-refractivity contribution in [2.24, 2.45) is 0 Å². The summed E-state index contributed by atoms with van der Waals surface area (Å²) in [5.41, 5.74) is 1.07. The summed E-state index contributed by atoms with van der Waals surface area (Å²) in [6.45, 7) is 0.592. The maximum absolute atomic E-state index is 13.5. The zero-order valence-corrected chi connectivity index (χ0v) is 11.8. The van der Waals surface area contributed by atoms with Crippen LogP contribution < -0.4 is 0 Å². The molecule has 2 rings (SSSR count). The quantitative estimate of drug-likeness (QED) is 0.740. The predicted octanol–water partition coefficient (Wildman–Crippen LogP) is 4.13. The zero-order valence-electron chi connectivity index (χ0n) is 10.8. The molecule has 1 aromatic rings. The highest BCUT2D eigenvalue weighted by Crippen LogP contribution is 2.32. The molecular weight excluding hydrogens is 269 g/mol. The molecule has 0 radical (unpaired) electrons. The third kappa shape index (κ3) is 4.08. The largest absolute Gasteiger partial charge is 0.416 e. The van der Waals surface area contributed by atoms with Crippen molar-refractivity contribution in [3.8, 4) is 0 Å². The first-order valence-electron chi connectivity index (χ1n) is 6.71. The number of benzene rings is 1. The second-order valence-electron chi connectivity index (χ2n) is 5.21. The summed E-state index contributed by atoms with van der Waals surface area (Å²) in [7, 11) is -2.40. The molecule has 0 aliphatic carbocycles. The summed E-state index contributed by atoms with van der Waals surface area (Å²) in [6, 6.07) is 11.0. The fourth-order valence-corrected chi connectivity index (χ4v) is 6.92. The van der Waals surface area contributed by atoms with E-state index in [2.05, 4.69) is 0 Å². The molecule has 0 spiro atoms. The molecule has 1 aliphatic heterocycles. The Morgan fingerprint density at radius 3 is 2.42 bits per heavy atom. The van der Waals surface area contributed by atoms with Crippen LogP contribution in [0.3, 0.4) is 0 Å². The Morgan fingerprint density at radius 2 is 1.84 bits per heavy atom. The molecule has 2 unspecified atom stereocenters. The zero-order chi connectivity index (χ0) is 13.7. The van der Waals surface area contributed by atoms with Gasteiger partial charge in [-0.1, -0.05) is 36.8 Å². The molecule has 0 saturated carbocycles. The number of hydrogen-bond donors (Lipinski definition) is 0. The number of hydrogen-bond acceptors (Lipinski definition) is 1. The molecule has 1 aromatic carbocycles. The standard InChI is InChI=1S/C14H19F3OSi/c15-13(14(16)17)11-19(9-5-4-8-18-19)10-12-6-2-1-3-7-12/h1-3,6-7,13-14H,4-5,8-11H2. The van der Waals surface area contributed by atoms with E-state index < -0.39 is 20.9 Å². The van der Waals surface area contributed by atoms with E-state index in [-0.39, 0.29) is 6.04 Å². The van der Waals surface area contributed by atoms with E-state index in [1.807, 2.05) is 30.3 Å². The van der Waals surface area contributed by atoms with Crippen molar-refractivity contribution in [3.05, 3.63) is 35.9 Å². The first kappa shape index (κ1) is 14.6. The predicted molar refractivity (Wildman–Crippen MR) is 71.6 cm³/mol. The van der Waals surface area contributed by atoms with Crippen LogP contribution >= 0.6 is 0 Å². The molecule has 106 valence electrons. The minimum Gasteiger partial charge on any atom is -0.416 e. The molecule has 0 amide bonds. The molecule has 0 bridgehead atoms. The number of halogens is 3. The van der Waals surface area contributed by atoms with Crippen molar-refractivity contribution in [3.63, 3.8) is 0 Å². The molecule has 0 N–H and O–H groups in total. The van der Waals surface area contributed by atoms with Crippen molar-refractivity contribution >= 4 is 8.32 Å². The van der Waals surface area contributed by atoms with Gasteiger partial charge in [0.2, 0.25) is 0 Å². The monoisotopic (exact) mass is 288 g/mol. The summed E-state index contributed by atoms with van der Waals surface area (Å²) in [5, 5.41) is 0. The Hall–Kier alpha value is -0.813. The lowest BCUT2D eigenvalue weighted by Crippen LogP contribution is -2.47. The van der Waals surface area contributed by atoms with Crippen LogP contribution in [-0.4, -0.2) is 27.5 Å². The van der Waals surface area contributed by atoms with Gasteiger partial charge in [0.1, 0.15) is 0 Å². The normalized spacial score (nSPS) is 25.5. The highest BCUT2D eigenvalue weighted by molar-refractivity contribution is 6.73. The fourth-order valence-electron chi connectivity index (χ4n) is 2.69. The van der Waals surface area contributed by atoms with Gasteiger partial charge in [-0.3, -0.25) is 0 Å². The van der Waals surface area contributed by atoms with Crippen LogP contribution in [0.15, 0.2) is 30.3 Å². The van der Waals surface area contributed by atoms with Gasteiger partial charge in [-0.05, 0) is 24.1 Å². The summed E-state index contributed by atoms with van der Waals surface area (Å²) < 4.78 is 44.3. The van der Waals surface area contributed by atoms with Crippen molar-refractivity contribution in [2.45, 2.75) is 43.6 Å². The molecule has 5 heteroatoms. The first-order valence-corrected chi connectivity index (χ1v) is 9.24. The summed E-state index contributed by atoms with van der Waals surface area (Å²) in [5.74, 6) is 0. The number of rotatable bonds is 5. The Labute approximate surface area is 112 Å². The van der Waals surface area contributed by atoms with Crippen molar-refractivity contribution in [2.75, 3.05) is 6.61 Å². The molecule has 0 aromatic heterocycles. The SMILES string of the molecule is FC(F)C(F)C[Si]1(Cc2ccccc2)CCCCO1. The van der Waals surface area contributed by atoms with Crippen LogP contribution in [-0.2, 0) is 10.5 Å². The molecule has 1 fully saturated rings. The van der Waals surface area contributed by atoms with E-state index in [9.17, 15) is 13.2 Å². The lowest BCUT2D eigenvalue weighted by molar-refractivity contribution is 0.0561. The molecule has 1 heterocycles. The molecule has 1 aliphatic rings. The molecule has 19 heavy (non-hydrogen) atoms. The maximum Gasteiger partial charge on any atom is 0.269 e. The Morgan fingerprint density at radius 1 is 1.11 bits per heavy atom. The van der Waals surface area contributed by atoms with Crippen LogP contribution in [0.4, 0.5) is 13.2 Å². The van der Waals surface area contributed by atoms with E-state index >= 15 is 0 Å². The van der Waals surface area contributed by atoms with Gasteiger partial charge in [-0.2, -0.15) is 0 Å². The molecule has 1 saturated heterocycles. The van der Waals surface area contributed by atoms with Crippen LogP contribution in [0.5, 0.6) is 0 Å². The van der Waals surface area contributed by atoms with Crippen molar-refractivity contribution in [1.82, 2.24) is 0 Å². The van der Waals surface area contributed by atoms with Gasteiger partial charge in [0.15, 0.2) is 14.5 Å². The third-order valence-corrected chi connectivity index (χ3v) is 7.91. The minimum atomic E-state index is -2.90. The lowest BCUT2D eigenvalue weighted by atomic mass is 10.2. The second kappa shape index (κ2) is 6.57. The van der Waals surface area contributed by atoms with E-state index in [1.165, 1.54) is 0 Å². The van der Waals surface area contributed by atoms with E-state index in [1.54, 1.807) is 0 Å². The van der Waals surface area contributed by atoms with Gasteiger partial charge in [0.05, 0.1) is 0 Å². The Balaban J connectivity index is 2.10.